The largest absolute Gasteiger partial charge is 0.377 e. The number of hydrogen-bond acceptors (Lipinski definition) is 2. The monoisotopic (exact) mass is 207 g/mol. The van der Waals surface area contributed by atoms with Gasteiger partial charge in [-0.3, -0.25) is 4.79 Å². The first-order valence-corrected chi connectivity index (χ1v) is 5.24. The van der Waals surface area contributed by atoms with E-state index in [1.807, 2.05) is 18.2 Å². The highest BCUT2D eigenvalue weighted by Crippen LogP contribution is 2.05. The predicted molar refractivity (Wildman–Crippen MR) is 59.2 cm³/mol. The fraction of sp³-hybridized carbons (Fsp3) is 0.417. The zero-order valence-electron chi connectivity index (χ0n) is 8.78. The molecule has 2 N–H and O–H groups in total. The lowest BCUT2D eigenvalue weighted by Gasteiger charge is -2.02. The van der Waals surface area contributed by atoms with Gasteiger partial charge in [-0.2, -0.15) is 0 Å². The third-order valence-electron chi connectivity index (χ3n) is 2.24. The van der Waals surface area contributed by atoms with Gasteiger partial charge in [0, 0.05) is 6.42 Å². The first-order valence-electron chi connectivity index (χ1n) is 5.24. The number of aliphatic hydroxyl groups is 1. The second kappa shape index (κ2) is 7.01. The summed E-state index contributed by atoms with van der Waals surface area (Å²) in [5.41, 5.74) is 1.31. The van der Waals surface area contributed by atoms with E-state index in [1.165, 1.54) is 5.56 Å². The van der Waals surface area contributed by atoms with Crippen molar-refractivity contribution in [1.29, 1.82) is 0 Å². The zero-order valence-corrected chi connectivity index (χ0v) is 8.78. The van der Waals surface area contributed by atoms with E-state index in [9.17, 15) is 4.79 Å². The molecule has 0 aromatic heterocycles. The van der Waals surface area contributed by atoms with Gasteiger partial charge in [-0.1, -0.05) is 30.3 Å². The van der Waals surface area contributed by atoms with Crippen LogP contribution in [0.5, 0.6) is 0 Å². The number of amides is 1. The lowest BCUT2D eigenvalue weighted by Crippen LogP contribution is -2.23. The number of rotatable bonds is 6. The molecular formula is C12H17NO2. The number of hydrogen-bond donors (Lipinski definition) is 2. The first kappa shape index (κ1) is 11.7. The molecule has 0 unspecified atom stereocenters. The van der Waals surface area contributed by atoms with Crippen LogP contribution in [0, 0.1) is 0 Å². The molecule has 0 saturated heterocycles. The minimum atomic E-state index is -0.266. The van der Waals surface area contributed by atoms with Crippen molar-refractivity contribution in [3.05, 3.63) is 35.9 Å². The highest BCUT2D eigenvalue weighted by atomic mass is 16.3. The number of benzene rings is 1. The summed E-state index contributed by atoms with van der Waals surface area (Å²) in [7, 11) is 0. The molecule has 0 aliphatic rings. The molecule has 1 aromatic rings. The summed E-state index contributed by atoms with van der Waals surface area (Å²) in [6.07, 6.45) is 3.37. The summed E-state index contributed by atoms with van der Waals surface area (Å²) in [5, 5.41) is 10.8. The Morgan fingerprint density at radius 1 is 1.20 bits per heavy atom. The Kier molecular flexibility index (Phi) is 5.48. The quantitative estimate of drug-likeness (QED) is 0.548. The second-order valence-corrected chi connectivity index (χ2v) is 3.45. The van der Waals surface area contributed by atoms with Crippen LogP contribution in [0.1, 0.15) is 24.8 Å². The number of unbranched alkanes of at least 4 members (excludes halogenated alkanes) is 1. The van der Waals surface area contributed by atoms with E-state index >= 15 is 0 Å². The van der Waals surface area contributed by atoms with Crippen molar-refractivity contribution in [3.8, 4) is 0 Å². The van der Waals surface area contributed by atoms with Gasteiger partial charge >= 0.3 is 0 Å². The SMILES string of the molecule is O=C(CCCCc1ccccc1)NCO. The smallest absolute Gasteiger partial charge is 0.221 e. The Balaban J connectivity index is 2.10. The number of nitrogens with one attached hydrogen (secondary N) is 1. The van der Waals surface area contributed by atoms with Crippen molar-refractivity contribution in [3.63, 3.8) is 0 Å². The summed E-state index contributed by atoms with van der Waals surface area (Å²) < 4.78 is 0. The molecule has 0 radical (unpaired) electrons. The highest BCUT2D eigenvalue weighted by Gasteiger charge is 1.99. The van der Waals surface area contributed by atoms with E-state index in [-0.39, 0.29) is 12.6 Å². The van der Waals surface area contributed by atoms with E-state index in [0.717, 1.165) is 19.3 Å². The predicted octanol–water partition coefficient (Wildman–Crippen LogP) is 1.47. The van der Waals surface area contributed by atoms with Crippen LogP contribution >= 0.6 is 0 Å². The molecule has 82 valence electrons. The third-order valence-corrected chi connectivity index (χ3v) is 2.24. The minimum Gasteiger partial charge on any atom is -0.377 e. The maximum Gasteiger partial charge on any atom is 0.221 e. The van der Waals surface area contributed by atoms with Gasteiger partial charge in [0.25, 0.3) is 0 Å². The number of carbonyl (C=O) groups excluding carboxylic acids is 1. The van der Waals surface area contributed by atoms with Crippen molar-refractivity contribution in [2.75, 3.05) is 6.73 Å². The lowest BCUT2D eigenvalue weighted by atomic mass is 10.1. The van der Waals surface area contributed by atoms with E-state index in [1.54, 1.807) is 0 Å². The molecule has 0 fully saturated rings. The van der Waals surface area contributed by atoms with Crippen LogP contribution in [0.2, 0.25) is 0 Å². The van der Waals surface area contributed by atoms with Crippen LogP contribution in [0.15, 0.2) is 30.3 Å². The molecule has 1 amide bonds. The molecule has 0 spiro atoms. The highest BCUT2D eigenvalue weighted by molar-refractivity contribution is 5.75. The molecule has 1 rings (SSSR count). The molecular weight excluding hydrogens is 190 g/mol. The van der Waals surface area contributed by atoms with E-state index < -0.39 is 0 Å². The molecule has 0 atom stereocenters. The molecule has 3 nitrogen and oxygen atoms in total. The Bertz CT molecular complexity index is 285. The molecule has 3 heteroatoms. The van der Waals surface area contributed by atoms with E-state index in [2.05, 4.69) is 17.4 Å². The van der Waals surface area contributed by atoms with Crippen molar-refractivity contribution < 1.29 is 9.90 Å². The second-order valence-electron chi connectivity index (χ2n) is 3.45. The van der Waals surface area contributed by atoms with Crippen LogP contribution < -0.4 is 5.32 Å². The van der Waals surface area contributed by atoms with Gasteiger partial charge in [0.2, 0.25) is 5.91 Å². The fourth-order valence-electron chi connectivity index (χ4n) is 1.44. The topological polar surface area (TPSA) is 49.3 Å². The molecule has 0 heterocycles. The van der Waals surface area contributed by atoms with Gasteiger partial charge in [-0.05, 0) is 24.8 Å². The first-order chi connectivity index (χ1) is 7.33. The summed E-state index contributed by atoms with van der Waals surface area (Å²) in [4.78, 5) is 11.0. The summed E-state index contributed by atoms with van der Waals surface area (Å²) in [6, 6.07) is 10.2. The number of aliphatic hydroxyl groups excluding tert-OH is 1. The van der Waals surface area contributed by atoms with Crippen LogP contribution in [-0.2, 0) is 11.2 Å². The maximum atomic E-state index is 11.0. The molecule has 0 aliphatic heterocycles. The molecule has 0 aliphatic carbocycles. The Morgan fingerprint density at radius 2 is 1.93 bits per heavy atom. The van der Waals surface area contributed by atoms with Gasteiger partial charge in [0.15, 0.2) is 0 Å². The van der Waals surface area contributed by atoms with Gasteiger partial charge in [-0.15, -0.1) is 0 Å². The Hall–Kier alpha value is -1.35. The standard InChI is InChI=1S/C12H17NO2/c14-10-13-12(15)9-5-4-8-11-6-2-1-3-7-11/h1-3,6-7,14H,4-5,8-10H2,(H,13,15). The summed E-state index contributed by atoms with van der Waals surface area (Å²) in [6.45, 7) is -0.266. The van der Waals surface area contributed by atoms with Crippen LogP contribution in [0.25, 0.3) is 0 Å². The molecule has 15 heavy (non-hydrogen) atoms. The van der Waals surface area contributed by atoms with Crippen molar-refractivity contribution in [1.82, 2.24) is 5.32 Å². The molecule has 0 bridgehead atoms. The lowest BCUT2D eigenvalue weighted by molar-refractivity contribution is -0.122. The van der Waals surface area contributed by atoms with Gasteiger partial charge in [-0.25, -0.2) is 0 Å². The number of aryl methyl sites for hydroxylation is 1. The van der Waals surface area contributed by atoms with Gasteiger partial charge < -0.3 is 10.4 Å². The van der Waals surface area contributed by atoms with E-state index in [0.29, 0.717) is 6.42 Å². The summed E-state index contributed by atoms with van der Waals surface area (Å²) >= 11 is 0. The van der Waals surface area contributed by atoms with Gasteiger partial charge in [0.1, 0.15) is 6.73 Å². The van der Waals surface area contributed by atoms with Crippen molar-refractivity contribution in [2.24, 2.45) is 0 Å². The van der Waals surface area contributed by atoms with Crippen LogP contribution in [0.3, 0.4) is 0 Å². The normalized spacial score (nSPS) is 9.93. The van der Waals surface area contributed by atoms with Crippen molar-refractivity contribution in [2.45, 2.75) is 25.7 Å². The molecule has 0 saturated carbocycles. The van der Waals surface area contributed by atoms with Crippen LogP contribution in [0.4, 0.5) is 0 Å². The summed E-state index contributed by atoms with van der Waals surface area (Å²) in [5.74, 6) is -0.0782. The number of carbonyl (C=O) groups is 1. The van der Waals surface area contributed by atoms with E-state index in [4.69, 9.17) is 5.11 Å². The van der Waals surface area contributed by atoms with Crippen LogP contribution in [-0.4, -0.2) is 17.7 Å². The Morgan fingerprint density at radius 3 is 2.60 bits per heavy atom. The average Bonchev–Trinajstić information content (AvgIpc) is 2.26. The average molecular weight is 207 g/mol. The third kappa shape index (κ3) is 5.18. The maximum absolute atomic E-state index is 11.0. The minimum absolute atomic E-state index is 0.0782. The fourth-order valence-corrected chi connectivity index (χ4v) is 1.44. The molecule has 1 aromatic carbocycles. The zero-order chi connectivity index (χ0) is 10.9. The van der Waals surface area contributed by atoms with Crippen molar-refractivity contribution >= 4 is 5.91 Å². The Labute approximate surface area is 90.1 Å². The van der Waals surface area contributed by atoms with Gasteiger partial charge in [0.05, 0.1) is 0 Å².